The van der Waals surface area contributed by atoms with Crippen LogP contribution in [0.2, 0.25) is 0 Å². The number of rotatable bonds is 6. The fourth-order valence-electron chi connectivity index (χ4n) is 2.80. The summed E-state index contributed by atoms with van der Waals surface area (Å²) >= 11 is 1.68. The topological polar surface area (TPSA) is 65.2 Å². The molecule has 23 heavy (non-hydrogen) atoms. The molecule has 0 aliphatic heterocycles. The van der Waals surface area contributed by atoms with Gasteiger partial charge in [-0.1, -0.05) is 6.07 Å². The second-order valence-electron chi connectivity index (χ2n) is 5.89. The highest BCUT2D eigenvalue weighted by Gasteiger charge is 2.21. The Balaban J connectivity index is 2.13. The van der Waals surface area contributed by atoms with Crippen molar-refractivity contribution in [3.05, 3.63) is 44.9 Å². The largest absolute Gasteiger partial charge is 0.354 e. The van der Waals surface area contributed by atoms with Crippen LogP contribution in [0.1, 0.15) is 49.9 Å². The van der Waals surface area contributed by atoms with Crippen LogP contribution in [0.3, 0.4) is 0 Å². The Morgan fingerprint density at radius 3 is 2.52 bits per heavy atom. The molecule has 2 aromatic heterocycles. The van der Waals surface area contributed by atoms with E-state index < -0.39 is 0 Å². The molecular weight excluding hydrogens is 310 g/mol. The van der Waals surface area contributed by atoms with E-state index in [9.17, 15) is 9.59 Å². The van der Waals surface area contributed by atoms with Crippen molar-refractivity contribution in [2.75, 3.05) is 20.6 Å². The molecule has 0 bridgehead atoms. The minimum atomic E-state index is -0.179. The van der Waals surface area contributed by atoms with Gasteiger partial charge in [0.05, 0.1) is 6.04 Å². The van der Waals surface area contributed by atoms with Gasteiger partial charge in [0, 0.05) is 22.7 Å². The molecule has 1 amide bonds. The Hall–Kier alpha value is -1.92. The first-order valence-corrected chi connectivity index (χ1v) is 8.39. The number of H-pyrrole nitrogens is 1. The van der Waals surface area contributed by atoms with Gasteiger partial charge in [-0.05, 0) is 51.9 Å². The summed E-state index contributed by atoms with van der Waals surface area (Å²) in [6.45, 7) is 5.65. The van der Waals surface area contributed by atoms with Crippen molar-refractivity contribution < 1.29 is 9.59 Å². The first-order valence-electron chi connectivity index (χ1n) is 7.51. The minimum absolute atomic E-state index is 0.0277. The van der Waals surface area contributed by atoms with Crippen molar-refractivity contribution in [1.29, 1.82) is 0 Å². The second kappa shape index (κ2) is 7.10. The van der Waals surface area contributed by atoms with E-state index in [1.807, 2.05) is 32.5 Å². The molecule has 0 aliphatic carbocycles. The van der Waals surface area contributed by atoms with E-state index in [1.165, 1.54) is 11.8 Å². The maximum Gasteiger partial charge on any atom is 0.268 e. The Morgan fingerprint density at radius 1 is 1.35 bits per heavy atom. The Labute approximate surface area is 140 Å². The molecule has 2 heterocycles. The minimum Gasteiger partial charge on any atom is -0.354 e. The van der Waals surface area contributed by atoms with Gasteiger partial charge in [0.1, 0.15) is 5.69 Å². The number of amides is 1. The molecule has 0 radical (unpaired) electrons. The number of nitrogens with one attached hydrogen (secondary N) is 2. The van der Waals surface area contributed by atoms with Crippen molar-refractivity contribution in [3.8, 4) is 0 Å². The van der Waals surface area contributed by atoms with Crippen molar-refractivity contribution in [2.24, 2.45) is 0 Å². The van der Waals surface area contributed by atoms with Gasteiger partial charge in [0.25, 0.3) is 5.91 Å². The van der Waals surface area contributed by atoms with Gasteiger partial charge in [-0.15, -0.1) is 11.3 Å². The summed E-state index contributed by atoms with van der Waals surface area (Å²) in [7, 11) is 3.99. The van der Waals surface area contributed by atoms with Crippen LogP contribution in [0.15, 0.2) is 17.5 Å². The van der Waals surface area contributed by atoms with Gasteiger partial charge >= 0.3 is 0 Å². The zero-order chi connectivity index (χ0) is 17.1. The third-order valence-electron chi connectivity index (χ3n) is 3.97. The number of hydrogen-bond donors (Lipinski definition) is 2. The van der Waals surface area contributed by atoms with Crippen LogP contribution in [0.25, 0.3) is 0 Å². The van der Waals surface area contributed by atoms with Crippen LogP contribution < -0.4 is 5.32 Å². The quantitative estimate of drug-likeness (QED) is 0.799. The maximum absolute atomic E-state index is 12.5. The summed E-state index contributed by atoms with van der Waals surface area (Å²) in [5.74, 6) is -0.207. The van der Waals surface area contributed by atoms with E-state index in [0.717, 1.165) is 5.69 Å². The van der Waals surface area contributed by atoms with E-state index in [1.54, 1.807) is 18.3 Å². The first-order chi connectivity index (χ1) is 10.8. The standard InChI is InChI=1S/C17H23N3O2S/c1-10-15(12(3)21)11(2)19-16(10)17(22)18-9-13(20(4)5)14-7-6-8-23-14/h6-8,13,19H,9H2,1-5H3,(H,18,22)/t13-/m0/s1. The number of hydrogen-bond acceptors (Lipinski definition) is 4. The Bertz CT molecular complexity index is 702. The number of ketones is 1. The van der Waals surface area contributed by atoms with E-state index in [0.29, 0.717) is 23.4 Å². The number of Topliss-reactive ketones (excluding diaryl/α,β-unsaturated/α-hetero) is 1. The lowest BCUT2D eigenvalue weighted by Gasteiger charge is -2.23. The third kappa shape index (κ3) is 3.71. The van der Waals surface area contributed by atoms with Gasteiger partial charge in [-0.3, -0.25) is 9.59 Å². The fraction of sp³-hybridized carbons (Fsp3) is 0.412. The van der Waals surface area contributed by atoms with Crippen LogP contribution >= 0.6 is 11.3 Å². The molecule has 6 heteroatoms. The highest BCUT2D eigenvalue weighted by Crippen LogP contribution is 2.23. The molecule has 124 valence electrons. The van der Waals surface area contributed by atoms with Crippen LogP contribution in [0.5, 0.6) is 0 Å². The second-order valence-corrected chi connectivity index (χ2v) is 6.87. The number of carbonyl (C=O) groups excluding carboxylic acids is 2. The molecule has 0 fully saturated rings. The van der Waals surface area contributed by atoms with Crippen molar-refractivity contribution in [3.63, 3.8) is 0 Å². The van der Waals surface area contributed by atoms with E-state index in [-0.39, 0.29) is 17.7 Å². The highest BCUT2D eigenvalue weighted by atomic mass is 32.1. The van der Waals surface area contributed by atoms with Gasteiger partial charge in [-0.2, -0.15) is 0 Å². The summed E-state index contributed by atoms with van der Waals surface area (Å²) in [6.07, 6.45) is 0. The summed E-state index contributed by atoms with van der Waals surface area (Å²) in [6, 6.07) is 4.21. The molecule has 0 unspecified atom stereocenters. The Kier molecular flexibility index (Phi) is 5.38. The molecule has 5 nitrogen and oxygen atoms in total. The lowest BCUT2D eigenvalue weighted by molar-refractivity contribution is 0.0937. The van der Waals surface area contributed by atoms with Gasteiger partial charge < -0.3 is 15.2 Å². The average Bonchev–Trinajstić information content (AvgIpc) is 3.06. The molecule has 2 rings (SSSR count). The lowest BCUT2D eigenvalue weighted by Crippen LogP contribution is -2.34. The molecule has 0 aromatic carbocycles. The molecular formula is C17H23N3O2S. The van der Waals surface area contributed by atoms with Gasteiger partial charge in [0.15, 0.2) is 5.78 Å². The molecule has 0 saturated heterocycles. The monoisotopic (exact) mass is 333 g/mol. The number of aromatic amines is 1. The smallest absolute Gasteiger partial charge is 0.268 e. The number of aryl methyl sites for hydroxylation is 1. The number of likely N-dealkylation sites (N-methyl/N-ethyl adjacent to an activating group) is 1. The maximum atomic E-state index is 12.5. The van der Waals surface area contributed by atoms with Crippen LogP contribution in [0, 0.1) is 13.8 Å². The SMILES string of the molecule is CC(=O)c1c(C)[nH]c(C(=O)NC[C@@H](c2cccs2)N(C)C)c1C. The first kappa shape index (κ1) is 17.4. The Morgan fingerprint density at radius 2 is 2.04 bits per heavy atom. The molecule has 2 N–H and O–H groups in total. The predicted octanol–water partition coefficient (Wildman–Crippen LogP) is 2.93. The number of thiophene rings is 1. The molecule has 0 aliphatic rings. The summed E-state index contributed by atoms with van der Waals surface area (Å²) in [5.41, 5.74) is 2.53. The van der Waals surface area contributed by atoms with Crippen molar-refractivity contribution >= 4 is 23.0 Å². The number of carbonyl (C=O) groups is 2. The molecule has 0 saturated carbocycles. The van der Waals surface area contributed by atoms with Gasteiger partial charge in [0.2, 0.25) is 0 Å². The average molecular weight is 333 g/mol. The zero-order valence-electron chi connectivity index (χ0n) is 14.2. The molecule has 0 spiro atoms. The third-order valence-corrected chi connectivity index (χ3v) is 4.94. The fourth-order valence-corrected chi connectivity index (χ4v) is 3.72. The summed E-state index contributed by atoms with van der Waals surface area (Å²) < 4.78 is 0. The van der Waals surface area contributed by atoms with Crippen LogP contribution in [-0.2, 0) is 0 Å². The van der Waals surface area contributed by atoms with Gasteiger partial charge in [-0.25, -0.2) is 0 Å². The highest BCUT2D eigenvalue weighted by molar-refractivity contribution is 7.10. The van der Waals surface area contributed by atoms with Crippen LogP contribution in [-0.4, -0.2) is 42.2 Å². The summed E-state index contributed by atoms with van der Waals surface area (Å²) in [5, 5.41) is 5.01. The van der Waals surface area contributed by atoms with E-state index >= 15 is 0 Å². The number of aromatic nitrogens is 1. The van der Waals surface area contributed by atoms with Crippen LogP contribution in [0.4, 0.5) is 0 Å². The number of nitrogens with zero attached hydrogens (tertiary/aromatic N) is 1. The van der Waals surface area contributed by atoms with Crippen molar-refractivity contribution in [2.45, 2.75) is 26.8 Å². The van der Waals surface area contributed by atoms with E-state index in [2.05, 4.69) is 21.3 Å². The van der Waals surface area contributed by atoms with E-state index in [4.69, 9.17) is 0 Å². The molecule has 2 aromatic rings. The zero-order valence-corrected chi connectivity index (χ0v) is 15.0. The lowest BCUT2D eigenvalue weighted by atomic mass is 10.1. The summed E-state index contributed by atoms with van der Waals surface area (Å²) in [4.78, 5) is 30.5. The normalized spacial score (nSPS) is 12.4. The van der Waals surface area contributed by atoms with Crippen molar-refractivity contribution in [1.82, 2.24) is 15.2 Å². The molecule has 1 atom stereocenters. The predicted molar refractivity (Wildman–Crippen MR) is 93.4 cm³/mol.